The smallest absolute Gasteiger partial charge is 0.161 e. The van der Waals surface area contributed by atoms with E-state index in [4.69, 9.17) is 14.7 Å². The molecule has 1 spiro atoms. The Morgan fingerprint density at radius 1 is 1.07 bits per heavy atom. The number of fused-ring (bicyclic) bond motifs is 2. The van der Waals surface area contributed by atoms with Gasteiger partial charge in [0, 0.05) is 12.0 Å². The molecule has 0 bridgehead atoms. The number of anilines is 1. The molecule has 1 fully saturated rings. The summed E-state index contributed by atoms with van der Waals surface area (Å²) in [6.45, 7) is 0.912. The second kappa shape index (κ2) is 7.03. The topological polar surface area (TPSA) is 77.0 Å². The van der Waals surface area contributed by atoms with Crippen LogP contribution in [-0.2, 0) is 5.41 Å². The van der Waals surface area contributed by atoms with Crippen LogP contribution in [0.1, 0.15) is 48.4 Å². The zero-order valence-corrected chi connectivity index (χ0v) is 15.7. The van der Waals surface area contributed by atoms with Crippen LogP contribution in [0.15, 0.2) is 36.4 Å². The van der Waals surface area contributed by atoms with E-state index >= 15 is 0 Å². The average molecular weight is 369 g/mol. The zero-order valence-electron chi connectivity index (χ0n) is 15.7. The van der Waals surface area contributed by atoms with Gasteiger partial charge in [-0.15, -0.1) is 0 Å². The fourth-order valence-electron chi connectivity index (χ4n) is 4.69. The van der Waals surface area contributed by atoms with Gasteiger partial charge in [0.05, 0.1) is 25.9 Å². The number of nitrogens with one attached hydrogen (secondary N) is 1. The lowest BCUT2D eigenvalue weighted by molar-refractivity contribution is 0.296. The van der Waals surface area contributed by atoms with Gasteiger partial charge in [-0.1, -0.05) is 25.0 Å². The maximum atomic E-state index is 11.1. The van der Waals surface area contributed by atoms with Crippen LogP contribution in [0.5, 0.6) is 11.5 Å². The predicted octanol–water partition coefficient (Wildman–Crippen LogP) is 3.90. The Hall–Kier alpha value is -2.28. The Kier molecular flexibility index (Phi) is 4.72. The van der Waals surface area contributed by atoms with Gasteiger partial charge in [0.25, 0.3) is 0 Å². The summed E-state index contributed by atoms with van der Waals surface area (Å²) in [6.07, 6.45) is 4.82. The van der Waals surface area contributed by atoms with E-state index < -0.39 is 0 Å². The van der Waals surface area contributed by atoms with E-state index in [1.807, 2.05) is 12.1 Å². The normalized spacial score (nSPS) is 20.4. The van der Waals surface area contributed by atoms with Gasteiger partial charge in [-0.3, -0.25) is 5.21 Å². The largest absolute Gasteiger partial charge is 0.733 e. The summed E-state index contributed by atoms with van der Waals surface area (Å²) in [5.41, 5.74) is 3.92. The molecule has 1 atom stereocenters. The van der Waals surface area contributed by atoms with Crippen molar-refractivity contribution in [2.24, 2.45) is 0 Å². The van der Waals surface area contributed by atoms with Gasteiger partial charge in [-0.25, -0.2) is 0 Å². The van der Waals surface area contributed by atoms with Crippen LogP contribution in [0.2, 0.25) is 0 Å². The Balaban J connectivity index is 1.82. The fourth-order valence-corrected chi connectivity index (χ4v) is 4.69. The minimum atomic E-state index is -0.118. The molecule has 2 aromatic carbocycles. The standard InChI is InChI=1S/C21H25N2O4/c1-26-18-11-16-17(12-19(18)27-2)21(9-3-4-10-21)13-22-20(16)14-5-7-15(8-6-14)23(24)25/h5-8,11-12,20,22,24H,3-4,9-10,13H2,1-2H3/q-1. The molecule has 6 heteroatoms. The quantitative estimate of drug-likeness (QED) is 0.796. The van der Waals surface area contributed by atoms with Gasteiger partial charge < -0.3 is 25.2 Å². The van der Waals surface area contributed by atoms with Gasteiger partial charge in [0.2, 0.25) is 0 Å². The Morgan fingerprint density at radius 2 is 1.70 bits per heavy atom. The molecule has 1 unspecified atom stereocenters. The highest BCUT2D eigenvalue weighted by Gasteiger charge is 2.42. The van der Waals surface area contributed by atoms with Crippen molar-refractivity contribution < 1.29 is 14.7 Å². The maximum absolute atomic E-state index is 11.1. The van der Waals surface area contributed by atoms with Crippen LogP contribution >= 0.6 is 0 Å². The molecule has 2 aromatic rings. The molecule has 27 heavy (non-hydrogen) atoms. The van der Waals surface area contributed by atoms with E-state index in [-0.39, 0.29) is 22.4 Å². The van der Waals surface area contributed by atoms with E-state index in [1.165, 1.54) is 36.8 Å². The number of nitrogens with zero attached hydrogens (tertiary/aromatic N) is 1. The van der Waals surface area contributed by atoms with Crippen LogP contribution in [0, 0.1) is 5.21 Å². The highest BCUT2D eigenvalue weighted by Crippen LogP contribution is 2.50. The van der Waals surface area contributed by atoms with E-state index in [0.717, 1.165) is 23.6 Å². The van der Waals surface area contributed by atoms with Crippen molar-refractivity contribution in [3.63, 3.8) is 0 Å². The first-order chi connectivity index (χ1) is 13.1. The molecule has 6 nitrogen and oxygen atoms in total. The van der Waals surface area contributed by atoms with Crippen molar-refractivity contribution in [1.82, 2.24) is 5.32 Å². The molecule has 2 aliphatic rings. The molecule has 1 aliphatic heterocycles. The molecule has 0 radical (unpaired) electrons. The number of rotatable bonds is 4. The van der Waals surface area contributed by atoms with Crippen molar-refractivity contribution in [1.29, 1.82) is 0 Å². The fraction of sp³-hybridized carbons (Fsp3) is 0.429. The van der Waals surface area contributed by atoms with Crippen LogP contribution in [0.25, 0.3) is 0 Å². The summed E-state index contributed by atoms with van der Waals surface area (Å²) in [4.78, 5) is 0. The second-order valence-electron chi connectivity index (χ2n) is 7.46. The highest BCUT2D eigenvalue weighted by atomic mass is 16.8. The highest BCUT2D eigenvalue weighted by molar-refractivity contribution is 5.56. The Bertz CT molecular complexity index is 814. The van der Waals surface area contributed by atoms with Gasteiger partial charge in [0.1, 0.15) is 0 Å². The van der Waals surface area contributed by atoms with Crippen LogP contribution in [-0.4, -0.2) is 26.0 Å². The number of methoxy groups -OCH3 is 2. The summed E-state index contributed by atoms with van der Waals surface area (Å²) in [5.74, 6) is 1.48. The summed E-state index contributed by atoms with van der Waals surface area (Å²) in [5, 5.41) is 23.8. The number of hydrogen-bond donors (Lipinski definition) is 2. The van der Waals surface area contributed by atoms with Crippen molar-refractivity contribution in [2.45, 2.75) is 37.1 Å². The minimum absolute atomic E-state index is 0.00104. The van der Waals surface area contributed by atoms with Crippen LogP contribution < -0.4 is 20.0 Å². The number of benzene rings is 2. The molecule has 1 aliphatic carbocycles. The molecule has 0 amide bonds. The Labute approximate surface area is 159 Å². The second-order valence-corrected chi connectivity index (χ2v) is 7.46. The third-order valence-electron chi connectivity index (χ3n) is 6.09. The molecule has 0 saturated heterocycles. The summed E-state index contributed by atoms with van der Waals surface area (Å²) in [7, 11) is 3.33. The van der Waals surface area contributed by atoms with Crippen molar-refractivity contribution in [3.8, 4) is 11.5 Å². The third kappa shape index (κ3) is 3.04. The molecule has 4 rings (SSSR count). The monoisotopic (exact) mass is 369 g/mol. The third-order valence-corrected chi connectivity index (χ3v) is 6.09. The van der Waals surface area contributed by atoms with E-state index in [1.54, 1.807) is 26.4 Å². The first-order valence-electron chi connectivity index (χ1n) is 9.34. The zero-order chi connectivity index (χ0) is 19.0. The van der Waals surface area contributed by atoms with Crippen LogP contribution in [0.4, 0.5) is 5.69 Å². The molecule has 2 N–H and O–H groups in total. The van der Waals surface area contributed by atoms with Gasteiger partial charge in [-0.05, 0) is 53.8 Å². The maximum Gasteiger partial charge on any atom is 0.161 e. The number of hydrogen-bond acceptors (Lipinski definition) is 6. The van der Waals surface area contributed by atoms with Crippen molar-refractivity contribution >= 4 is 5.69 Å². The first-order valence-corrected chi connectivity index (χ1v) is 9.34. The lowest BCUT2D eigenvalue weighted by Gasteiger charge is -2.41. The summed E-state index contributed by atoms with van der Waals surface area (Å²) in [6, 6.07) is 11.2. The van der Waals surface area contributed by atoms with Gasteiger partial charge in [-0.2, -0.15) is 0 Å². The predicted molar refractivity (Wildman–Crippen MR) is 104 cm³/mol. The summed E-state index contributed by atoms with van der Waals surface area (Å²) < 4.78 is 11.1. The first kappa shape index (κ1) is 18.1. The molecule has 0 aromatic heterocycles. The molecular weight excluding hydrogens is 344 g/mol. The van der Waals surface area contributed by atoms with Gasteiger partial charge in [0.15, 0.2) is 11.5 Å². The molecule has 144 valence electrons. The van der Waals surface area contributed by atoms with E-state index in [0.29, 0.717) is 0 Å². The summed E-state index contributed by atoms with van der Waals surface area (Å²) >= 11 is 0. The molecular formula is C21H25N2O4-. The van der Waals surface area contributed by atoms with Crippen molar-refractivity contribution in [3.05, 3.63) is 58.3 Å². The molecule has 1 saturated carbocycles. The lowest BCUT2D eigenvalue weighted by Crippen LogP contribution is -2.44. The van der Waals surface area contributed by atoms with E-state index in [9.17, 15) is 5.21 Å². The van der Waals surface area contributed by atoms with Gasteiger partial charge >= 0.3 is 0 Å². The van der Waals surface area contributed by atoms with Crippen molar-refractivity contribution in [2.75, 3.05) is 26.0 Å². The molecule has 1 heterocycles. The Morgan fingerprint density at radius 3 is 2.30 bits per heavy atom. The van der Waals surface area contributed by atoms with E-state index in [2.05, 4.69) is 17.4 Å². The lowest BCUT2D eigenvalue weighted by atomic mass is 9.71. The van der Waals surface area contributed by atoms with Crippen LogP contribution in [0.3, 0.4) is 0 Å². The number of ether oxygens (including phenoxy) is 2. The SMILES string of the molecule is COc1cc2c(cc1OC)C1(CCCC1)CNC2c1ccc(N([O-])O)cc1. The average Bonchev–Trinajstić information content (AvgIpc) is 3.17. The minimum Gasteiger partial charge on any atom is -0.733 e.